The molecule has 6 nitrogen and oxygen atoms in total. The Labute approximate surface area is 184 Å². The number of amides is 1. The van der Waals surface area contributed by atoms with E-state index < -0.39 is 11.6 Å². The number of rotatable bonds is 7. The number of para-hydroxylation sites is 1. The molecule has 0 spiro atoms. The lowest BCUT2D eigenvalue weighted by Gasteiger charge is -2.32. The fraction of sp³-hybridized carbons (Fsp3) is 0.375. The number of benzene rings is 2. The lowest BCUT2D eigenvalue weighted by Crippen LogP contribution is -2.44. The molecule has 0 unspecified atom stereocenters. The van der Waals surface area contributed by atoms with Crippen molar-refractivity contribution in [2.75, 3.05) is 13.1 Å². The molecule has 1 fully saturated rings. The van der Waals surface area contributed by atoms with Gasteiger partial charge in [0.05, 0.1) is 10.9 Å². The Bertz CT molecular complexity index is 1160. The van der Waals surface area contributed by atoms with Crippen molar-refractivity contribution in [3.63, 3.8) is 0 Å². The zero-order valence-corrected chi connectivity index (χ0v) is 17.7. The van der Waals surface area contributed by atoms with Crippen LogP contribution in [-0.4, -0.2) is 39.9 Å². The van der Waals surface area contributed by atoms with Crippen LogP contribution in [0.5, 0.6) is 0 Å². The first-order valence-electron chi connectivity index (χ1n) is 10.9. The van der Waals surface area contributed by atoms with Crippen LogP contribution in [0.25, 0.3) is 10.9 Å². The second-order valence-corrected chi connectivity index (χ2v) is 8.25. The number of likely N-dealkylation sites (tertiary alicyclic amines) is 1. The highest BCUT2D eigenvalue weighted by Crippen LogP contribution is 2.16. The standard InChI is InChI=1S/C24H26F2N4O2/c25-19-9-8-16(14-20(19)26)15-30-12-10-17(11-13-30)27-23(31)7-3-6-22-28-21-5-2-1-4-18(21)24(32)29-22/h1-2,4-5,8-9,14,17H,3,6-7,10-13,15H2,(H,27,31)(H,28,29,32). The number of fused-ring (bicyclic) bond motifs is 1. The number of nitrogens with zero attached hydrogens (tertiary/aromatic N) is 2. The number of halogens is 2. The van der Waals surface area contributed by atoms with Gasteiger partial charge in [-0.15, -0.1) is 0 Å². The number of aromatic nitrogens is 2. The van der Waals surface area contributed by atoms with Crippen molar-refractivity contribution in [2.24, 2.45) is 0 Å². The quantitative estimate of drug-likeness (QED) is 0.591. The van der Waals surface area contributed by atoms with Crippen LogP contribution in [0, 0.1) is 11.6 Å². The Hall–Kier alpha value is -3.13. The number of hydrogen-bond donors (Lipinski definition) is 2. The summed E-state index contributed by atoms with van der Waals surface area (Å²) in [4.78, 5) is 33.9. The molecule has 2 N–H and O–H groups in total. The summed E-state index contributed by atoms with van der Waals surface area (Å²) in [6.45, 7) is 2.13. The number of carbonyl (C=O) groups is 1. The summed E-state index contributed by atoms with van der Waals surface area (Å²) in [5, 5.41) is 3.64. The fourth-order valence-corrected chi connectivity index (χ4v) is 4.10. The Morgan fingerprint density at radius 1 is 1.12 bits per heavy atom. The summed E-state index contributed by atoms with van der Waals surface area (Å²) in [6.07, 6.45) is 3.12. The van der Waals surface area contributed by atoms with E-state index in [-0.39, 0.29) is 17.5 Å². The van der Waals surface area contributed by atoms with Gasteiger partial charge in [-0.1, -0.05) is 18.2 Å². The molecular weight excluding hydrogens is 414 g/mol. The molecular formula is C24H26F2N4O2. The van der Waals surface area contributed by atoms with Gasteiger partial charge < -0.3 is 10.3 Å². The van der Waals surface area contributed by atoms with E-state index in [1.54, 1.807) is 24.3 Å². The summed E-state index contributed by atoms with van der Waals surface area (Å²) in [6, 6.07) is 11.3. The molecule has 3 aromatic rings. The van der Waals surface area contributed by atoms with E-state index in [1.807, 2.05) is 6.07 Å². The van der Waals surface area contributed by atoms with Crippen LogP contribution in [0.15, 0.2) is 47.3 Å². The summed E-state index contributed by atoms with van der Waals surface area (Å²) >= 11 is 0. The SMILES string of the molecule is O=C(CCCc1nc2ccccc2c(=O)[nH]1)NC1CCN(Cc2ccc(F)c(F)c2)CC1. The number of nitrogens with one attached hydrogen (secondary N) is 2. The molecule has 32 heavy (non-hydrogen) atoms. The van der Waals surface area contributed by atoms with Crippen molar-refractivity contribution in [1.82, 2.24) is 20.2 Å². The molecule has 0 bridgehead atoms. The molecule has 0 aliphatic carbocycles. The van der Waals surface area contributed by atoms with E-state index in [0.29, 0.717) is 42.5 Å². The molecule has 1 saturated heterocycles. The second kappa shape index (κ2) is 9.99. The van der Waals surface area contributed by atoms with E-state index in [4.69, 9.17) is 0 Å². The van der Waals surface area contributed by atoms with E-state index in [2.05, 4.69) is 20.2 Å². The number of H-pyrrole nitrogens is 1. The minimum atomic E-state index is -0.835. The molecule has 168 valence electrons. The van der Waals surface area contributed by atoms with E-state index >= 15 is 0 Å². The highest BCUT2D eigenvalue weighted by molar-refractivity contribution is 5.77. The van der Waals surface area contributed by atoms with Crippen LogP contribution >= 0.6 is 0 Å². The molecule has 0 saturated carbocycles. The summed E-state index contributed by atoms with van der Waals surface area (Å²) < 4.78 is 26.4. The first kappa shape index (κ1) is 22.1. The summed E-state index contributed by atoms with van der Waals surface area (Å²) in [5.74, 6) is -1.08. The molecule has 1 aliphatic heterocycles. The van der Waals surface area contributed by atoms with Crippen molar-refractivity contribution >= 4 is 16.8 Å². The van der Waals surface area contributed by atoms with Crippen molar-refractivity contribution in [3.8, 4) is 0 Å². The predicted molar refractivity (Wildman–Crippen MR) is 118 cm³/mol. The van der Waals surface area contributed by atoms with E-state index in [1.165, 1.54) is 6.07 Å². The summed E-state index contributed by atoms with van der Waals surface area (Å²) in [7, 11) is 0. The molecule has 1 amide bonds. The minimum absolute atomic E-state index is 0.00723. The number of carbonyl (C=O) groups excluding carboxylic acids is 1. The lowest BCUT2D eigenvalue weighted by atomic mass is 10.0. The normalized spacial score (nSPS) is 15.2. The number of aryl methyl sites for hydroxylation is 1. The predicted octanol–water partition coefficient (Wildman–Crippen LogP) is 3.30. The minimum Gasteiger partial charge on any atom is -0.353 e. The maximum atomic E-state index is 13.4. The molecule has 2 heterocycles. The van der Waals surface area contributed by atoms with Crippen molar-refractivity contribution in [3.05, 3.63) is 75.8 Å². The van der Waals surface area contributed by atoms with Crippen molar-refractivity contribution < 1.29 is 13.6 Å². The highest BCUT2D eigenvalue weighted by atomic mass is 19.2. The Kier molecular flexibility index (Phi) is 6.90. The molecule has 1 aliphatic rings. The van der Waals surface area contributed by atoms with Gasteiger partial charge in [-0.2, -0.15) is 0 Å². The van der Waals surface area contributed by atoms with Crippen LogP contribution in [0.3, 0.4) is 0 Å². The third kappa shape index (κ3) is 5.56. The van der Waals surface area contributed by atoms with Gasteiger partial charge in [0.1, 0.15) is 5.82 Å². The molecule has 0 radical (unpaired) electrons. The highest BCUT2D eigenvalue weighted by Gasteiger charge is 2.21. The van der Waals surface area contributed by atoms with Gasteiger partial charge in [0.15, 0.2) is 11.6 Å². The van der Waals surface area contributed by atoms with Gasteiger partial charge in [-0.3, -0.25) is 14.5 Å². The van der Waals surface area contributed by atoms with Gasteiger partial charge in [0, 0.05) is 38.5 Å². The van der Waals surface area contributed by atoms with E-state index in [0.717, 1.165) is 37.6 Å². The van der Waals surface area contributed by atoms with Gasteiger partial charge in [0.25, 0.3) is 5.56 Å². The van der Waals surface area contributed by atoms with Crippen molar-refractivity contribution in [1.29, 1.82) is 0 Å². The largest absolute Gasteiger partial charge is 0.353 e. The van der Waals surface area contributed by atoms with E-state index in [9.17, 15) is 18.4 Å². The zero-order chi connectivity index (χ0) is 22.5. The van der Waals surface area contributed by atoms with Crippen LogP contribution in [-0.2, 0) is 17.8 Å². The zero-order valence-electron chi connectivity index (χ0n) is 17.7. The molecule has 2 aromatic carbocycles. The first-order valence-corrected chi connectivity index (χ1v) is 10.9. The van der Waals surface area contributed by atoms with Gasteiger partial charge in [-0.05, 0) is 49.1 Å². The van der Waals surface area contributed by atoms with Crippen LogP contribution in [0.4, 0.5) is 8.78 Å². The first-order chi connectivity index (χ1) is 15.5. The van der Waals surface area contributed by atoms with Gasteiger partial charge in [0.2, 0.25) is 5.91 Å². The number of aromatic amines is 1. The monoisotopic (exact) mass is 440 g/mol. The third-order valence-corrected chi connectivity index (χ3v) is 5.82. The van der Waals surface area contributed by atoms with Gasteiger partial charge in [-0.25, -0.2) is 13.8 Å². The van der Waals surface area contributed by atoms with Crippen LogP contribution in [0.2, 0.25) is 0 Å². The Balaban J connectivity index is 1.19. The number of hydrogen-bond acceptors (Lipinski definition) is 4. The summed E-state index contributed by atoms with van der Waals surface area (Å²) in [5.41, 5.74) is 1.24. The average Bonchev–Trinajstić information content (AvgIpc) is 2.78. The Morgan fingerprint density at radius 2 is 1.91 bits per heavy atom. The molecule has 8 heteroatoms. The number of piperidine rings is 1. The third-order valence-electron chi connectivity index (χ3n) is 5.82. The second-order valence-electron chi connectivity index (χ2n) is 8.25. The fourth-order valence-electron chi connectivity index (χ4n) is 4.10. The lowest BCUT2D eigenvalue weighted by molar-refractivity contribution is -0.122. The molecule has 4 rings (SSSR count). The topological polar surface area (TPSA) is 78.1 Å². The molecule has 0 atom stereocenters. The van der Waals surface area contributed by atoms with Crippen LogP contribution in [0.1, 0.15) is 37.1 Å². The van der Waals surface area contributed by atoms with Crippen molar-refractivity contribution in [2.45, 2.75) is 44.7 Å². The average molecular weight is 440 g/mol. The Morgan fingerprint density at radius 3 is 2.69 bits per heavy atom. The van der Waals surface area contributed by atoms with Gasteiger partial charge >= 0.3 is 0 Å². The smallest absolute Gasteiger partial charge is 0.258 e. The van der Waals surface area contributed by atoms with Crippen LogP contribution < -0.4 is 10.9 Å². The molecule has 1 aromatic heterocycles. The maximum absolute atomic E-state index is 13.4. The maximum Gasteiger partial charge on any atom is 0.258 e.